The van der Waals surface area contributed by atoms with Crippen LogP contribution in [0.25, 0.3) is 0 Å². The van der Waals surface area contributed by atoms with Gasteiger partial charge >= 0.3 is 0 Å². The van der Waals surface area contributed by atoms with Gasteiger partial charge < -0.3 is 19.9 Å². The quantitative estimate of drug-likeness (QED) is 0.761. The molecule has 4 heteroatoms. The summed E-state index contributed by atoms with van der Waals surface area (Å²) in [5.41, 5.74) is 1.15. The van der Waals surface area contributed by atoms with E-state index in [0.717, 1.165) is 29.4 Å². The van der Waals surface area contributed by atoms with Crippen molar-refractivity contribution in [1.82, 2.24) is 5.32 Å². The van der Waals surface area contributed by atoms with Gasteiger partial charge in [-0.05, 0) is 42.0 Å². The number of rotatable bonds is 7. The molecule has 0 spiro atoms. The molecule has 0 unspecified atom stereocenters. The van der Waals surface area contributed by atoms with E-state index in [-0.39, 0.29) is 6.61 Å². The van der Waals surface area contributed by atoms with Crippen LogP contribution in [0, 0.1) is 0 Å². The highest BCUT2D eigenvalue weighted by atomic mass is 16.5. The summed E-state index contributed by atoms with van der Waals surface area (Å²) in [6.45, 7) is 1.49. The van der Waals surface area contributed by atoms with Crippen molar-refractivity contribution in [3.63, 3.8) is 0 Å². The van der Waals surface area contributed by atoms with Gasteiger partial charge in [0.2, 0.25) is 0 Å². The van der Waals surface area contributed by atoms with Crippen LogP contribution in [0.2, 0.25) is 0 Å². The Morgan fingerprint density at radius 2 is 1.45 bits per heavy atom. The standard InChI is InChI=1S/C16H19NO3/c1-19-14-6-8-16(9-7-14)20-15-4-2-13(3-5-15)12-17-10-11-18/h2-9,17-18H,10-12H2,1H3. The molecule has 2 rings (SSSR count). The van der Waals surface area contributed by atoms with Crippen molar-refractivity contribution in [2.75, 3.05) is 20.3 Å². The van der Waals surface area contributed by atoms with Gasteiger partial charge in [-0.25, -0.2) is 0 Å². The first kappa shape index (κ1) is 14.4. The number of methoxy groups -OCH3 is 1. The Morgan fingerprint density at radius 3 is 2.00 bits per heavy atom. The van der Waals surface area contributed by atoms with E-state index in [1.807, 2.05) is 48.5 Å². The molecule has 2 aromatic rings. The summed E-state index contributed by atoms with van der Waals surface area (Å²) in [4.78, 5) is 0. The van der Waals surface area contributed by atoms with E-state index in [1.54, 1.807) is 7.11 Å². The lowest BCUT2D eigenvalue weighted by molar-refractivity contribution is 0.292. The van der Waals surface area contributed by atoms with Crippen LogP contribution in [0.15, 0.2) is 48.5 Å². The summed E-state index contributed by atoms with van der Waals surface area (Å²) >= 11 is 0. The highest BCUT2D eigenvalue weighted by molar-refractivity contribution is 5.36. The minimum atomic E-state index is 0.151. The number of ether oxygens (including phenoxy) is 2. The molecule has 4 nitrogen and oxygen atoms in total. The van der Waals surface area contributed by atoms with Crippen LogP contribution < -0.4 is 14.8 Å². The van der Waals surface area contributed by atoms with E-state index in [0.29, 0.717) is 6.54 Å². The van der Waals surface area contributed by atoms with Gasteiger partial charge in [-0.1, -0.05) is 12.1 Å². The van der Waals surface area contributed by atoms with Gasteiger partial charge in [0, 0.05) is 13.1 Å². The minimum absolute atomic E-state index is 0.151. The van der Waals surface area contributed by atoms with Crippen LogP contribution in [0.1, 0.15) is 5.56 Å². The predicted octanol–water partition coefficient (Wildman–Crippen LogP) is 2.57. The number of benzene rings is 2. The second-order valence-corrected chi connectivity index (χ2v) is 4.32. The molecule has 2 N–H and O–H groups in total. The molecule has 0 heterocycles. The van der Waals surface area contributed by atoms with Crippen molar-refractivity contribution in [1.29, 1.82) is 0 Å². The van der Waals surface area contributed by atoms with E-state index < -0.39 is 0 Å². The molecule has 0 amide bonds. The summed E-state index contributed by atoms with van der Waals surface area (Å²) in [7, 11) is 1.64. The van der Waals surface area contributed by atoms with Crippen molar-refractivity contribution in [2.45, 2.75) is 6.54 Å². The summed E-state index contributed by atoms with van der Waals surface area (Å²) < 4.78 is 10.8. The Morgan fingerprint density at radius 1 is 0.900 bits per heavy atom. The van der Waals surface area contributed by atoms with Crippen molar-refractivity contribution in [2.24, 2.45) is 0 Å². The Bertz CT molecular complexity index is 508. The molecular formula is C16H19NO3. The van der Waals surface area contributed by atoms with Gasteiger partial charge in [0.15, 0.2) is 0 Å². The molecule has 0 fully saturated rings. The Kier molecular flexibility index (Phi) is 5.41. The molecule has 0 aliphatic carbocycles. The van der Waals surface area contributed by atoms with Gasteiger partial charge in [-0.2, -0.15) is 0 Å². The number of aliphatic hydroxyl groups excluding tert-OH is 1. The molecule has 0 bridgehead atoms. The predicted molar refractivity (Wildman–Crippen MR) is 78.3 cm³/mol. The van der Waals surface area contributed by atoms with Crippen LogP contribution in [-0.4, -0.2) is 25.4 Å². The maximum absolute atomic E-state index is 8.70. The molecule has 106 valence electrons. The van der Waals surface area contributed by atoms with E-state index >= 15 is 0 Å². The number of nitrogens with one attached hydrogen (secondary N) is 1. The number of hydrogen-bond donors (Lipinski definition) is 2. The second kappa shape index (κ2) is 7.53. The largest absolute Gasteiger partial charge is 0.497 e. The van der Waals surface area contributed by atoms with Crippen LogP contribution in [0.4, 0.5) is 0 Å². The monoisotopic (exact) mass is 273 g/mol. The fourth-order valence-corrected chi connectivity index (χ4v) is 1.77. The zero-order valence-electron chi connectivity index (χ0n) is 11.5. The van der Waals surface area contributed by atoms with Gasteiger partial charge in [-0.3, -0.25) is 0 Å². The van der Waals surface area contributed by atoms with Crippen molar-refractivity contribution >= 4 is 0 Å². The first-order chi connectivity index (χ1) is 9.81. The Labute approximate surface area is 119 Å². The van der Waals surface area contributed by atoms with Gasteiger partial charge in [0.1, 0.15) is 17.2 Å². The zero-order valence-corrected chi connectivity index (χ0v) is 11.5. The van der Waals surface area contributed by atoms with Crippen LogP contribution in [-0.2, 0) is 6.54 Å². The fraction of sp³-hybridized carbons (Fsp3) is 0.250. The van der Waals surface area contributed by atoms with E-state index in [2.05, 4.69) is 5.32 Å². The van der Waals surface area contributed by atoms with Crippen LogP contribution >= 0.6 is 0 Å². The molecule has 0 atom stereocenters. The number of aliphatic hydroxyl groups is 1. The highest BCUT2D eigenvalue weighted by Gasteiger charge is 1.99. The first-order valence-electron chi connectivity index (χ1n) is 6.54. The van der Waals surface area contributed by atoms with Gasteiger partial charge in [-0.15, -0.1) is 0 Å². The average molecular weight is 273 g/mol. The van der Waals surface area contributed by atoms with Crippen LogP contribution in [0.3, 0.4) is 0 Å². The minimum Gasteiger partial charge on any atom is -0.497 e. The van der Waals surface area contributed by atoms with E-state index in [1.165, 1.54) is 0 Å². The lowest BCUT2D eigenvalue weighted by atomic mass is 10.2. The molecule has 2 aromatic carbocycles. The molecule has 0 radical (unpaired) electrons. The third kappa shape index (κ3) is 4.26. The highest BCUT2D eigenvalue weighted by Crippen LogP contribution is 2.23. The first-order valence-corrected chi connectivity index (χ1v) is 6.54. The van der Waals surface area contributed by atoms with Crippen molar-refractivity contribution in [3.05, 3.63) is 54.1 Å². The SMILES string of the molecule is COc1ccc(Oc2ccc(CNCCO)cc2)cc1. The zero-order chi connectivity index (χ0) is 14.2. The van der Waals surface area contributed by atoms with Crippen LogP contribution in [0.5, 0.6) is 17.2 Å². The normalized spacial score (nSPS) is 10.3. The Balaban J connectivity index is 1.92. The third-order valence-corrected chi connectivity index (χ3v) is 2.84. The molecular weight excluding hydrogens is 254 g/mol. The molecule has 0 aliphatic heterocycles. The lowest BCUT2D eigenvalue weighted by Crippen LogP contribution is -2.17. The third-order valence-electron chi connectivity index (χ3n) is 2.84. The molecule has 0 aliphatic rings. The van der Waals surface area contributed by atoms with E-state index in [9.17, 15) is 0 Å². The second-order valence-electron chi connectivity index (χ2n) is 4.32. The fourth-order valence-electron chi connectivity index (χ4n) is 1.77. The summed E-state index contributed by atoms with van der Waals surface area (Å²) in [6.07, 6.45) is 0. The van der Waals surface area contributed by atoms with E-state index in [4.69, 9.17) is 14.6 Å². The molecule has 0 saturated carbocycles. The van der Waals surface area contributed by atoms with Crippen molar-refractivity contribution < 1.29 is 14.6 Å². The maximum Gasteiger partial charge on any atom is 0.127 e. The average Bonchev–Trinajstić information content (AvgIpc) is 2.50. The molecule has 0 saturated heterocycles. The summed E-state index contributed by atoms with van der Waals surface area (Å²) in [6, 6.07) is 15.3. The Hall–Kier alpha value is -2.04. The topological polar surface area (TPSA) is 50.7 Å². The lowest BCUT2D eigenvalue weighted by Gasteiger charge is -2.08. The van der Waals surface area contributed by atoms with Crippen molar-refractivity contribution in [3.8, 4) is 17.2 Å². The van der Waals surface area contributed by atoms with Gasteiger partial charge in [0.05, 0.1) is 13.7 Å². The maximum atomic E-state index is 8.70. The molecule has 0 aromatic heterocycles. The summed E-state index contributed by atoms with van der Waals surface area (Å²) in [5.74, 6) is 2.38. The summed E-state index contributed by atoms with van der Waals surface area (Å²) in [5, 5.41) is 11.8. The smallest absolute Gasteiger partial charge is 0.127 e. The molecule has 20 heavy (non-hydrogen) atoms. The number of hydrogen-bond acceptors (Lipinski definition) is 4. The van der Waals surface area contributed by atoms with Gasteiger partial charge in [0.25, 0.3) is 0 Å².